The number of hydrogen-bond donors (Lipinski definition) is 1. The maximum absolute atomic E-state index is 11.8. The number of fused-ring (bicyclic) bond motifs is 5. The molecule has 0 aromatic carbocycles. The van der Waals surface area contributed by atoms with Gasteiger partial charge in [0.05, 0.1) is 0 Å². The van der Waals surface area contributed by atoms with E-state index >= 15 is 0 Å². The second kappa shape index (κ2) is 8.43. The van der Waals surface area contributed by atoms with E-state index in [0.29, 0.717) is 10.8 Å². The third-order valence-electron chi connectivity index (χ3n) is 11.3. The Bertz CT molecular complexity index is 628. The number of rotatable bonds is 6. The van der Waals surface area contributed by atoms with E-state index in [1.54, 1.807) is 0 Å². The smallest absolute Gasteiger partial charge is 0.220 e. The van der Waals surface area contributed by atoms with E-state index in [4.69, 9.17) is 5.73 Å². The van der Waals surface area contributed by atoms with Gasteiger partial charge in [0.2, 0.25) is 5.91 Å². The Morgan fingerprint density at radius 1 is 0.900 bits per heavy atom. The first-order valence-corrected chi connectivity index (χ1v) is 13.5. The molecule has 2 nitrogen and oxygen atoms in total. The summed E-state index contributed by atoms with van der Waals surface area (Å²) >= 11 is 0. The number of carbonyl (C=O) groups excluding carboxylic acids is 1. The van der Waals surface area contributed by atoms with Crippen LogP contribution in [0.2, 0.25) is 0 Å². The van der Waals surface area contributed by atoms with Crippen molar-refractivity contribution < 1.29 is 4.79 Å². The normalized spacial score (nSPS) is 46.7. The van der Waals surface area contributed by atoms with Gasteiger partial charge in [-0.25, -0.2) is 0 Å². The van der Waals surface area contributed by atoms with E-state index in [9.17, 15) is 4.79 Å². The topological polar surface area (TPSA) is 43.1 Å². The summed E-state index contributed by atoms with van der Waals surface area (Å²) < 4.78 is 0. The summed E-state index contributed by atoms with van der Waals surface area (Å²) in [6.07, 6.45) is 16.3. The van der Waals surface area contributed by atoms with Crippen molar-refractivity contribution in [3.8, 4) is 0 Å². The Morgan fingerprint density at radius 3 is 2.30 bits per heavy atom. The zero-order valence-electron chi connectivity index (χ0n) is 20.6. The van der Waals surface area contributed by atoms with Crippen LogP contribution in [0.25, 0.3) is 0 Å². The van der Waals surface area contributed by atoms with E-state index in [1.165, 1.54) is 64.2 Å². The Morgan fingerprint density at radius 2 is 1.60 bits per heavy atom. The van der Waals surface area contributed by atoms with Gasteiger partial charge in [-0.1, -0.05) is 53.9 Å². The van der Waals surface area contributed by atoms with Gasteiger partial charge in [0, 0.05) is 5.92 Å². The number of nitrogens with two attached hydrogens (primary N) is 1. The molecule has 0 aliphatic heterocycles. The number of amides is 1. The maximum atomic E-state index is 11.8. The van der Waals surface area contributed by atoms with Gasteiger partial charge in [-0.2, -0.15) is 0 Å². The molecule has 0 heterocycles. The van der Waals surface area contributed by atoms with E-state index in [2.05, 4.69) is 34.6 Å². The summed E-state index contributed by atoms with van der Waals surface area (Å²) in [5.74, 6) is 6.35. The first-order chi connectivity index (χ1) is 14.2. The fourth-order valence-corrected chi connectivity index (χ4v) is 9.54. The summed E-state index contributed by atoms with van der Waals surface area (Å²) in [6.45, 7) is 12.6. The Balaban J connectivity index is 1.45. The predicted molar refractivity (Wildman–Crippen MR) is 126 cm³/mol. The Labute approximate surface area is 186 Å². The van der Waals surface area contributed by atoms with Crippen LogP contribution in [0.4, 0.5) is 0 Å². The average molecular weight is 416 g/mol. The molecule has 0 aromatic heterocycles. The van der Waals surface area contributed by atoms with Crippen LogP contribution in [0.1, 0.15) is 112 Å². The van der Waals surface area contributed by atoms with Crippen LogP contribution >= 0.6 is 0 Å². The van der Waals surface area contributed by atoms with Crippen molar-refractivity contribution in [2.45, 2.75) is 112 Å². The van der Waals surface area contributed by atoms with Gasteiger partial charge < -0.3 is 5.73 Å². The van der Waals surface area contributed by atoms with Crippen LogP contribution in [-0.4, -0.2) is 5.91 Å². The first-order valence-electron chi connectivity index (χ1n) is 13.5. The van der Waals surface area contributed by atoms with Gasteiger partial charge in [0.15, 0.2) is 0 Å². The number of primary amides is 1. The second-order valence-electron chi connectivity index (χ2n) is 13.1. The molecular formula is C28H49NO. The minimum absolute atomic E-state index is 0.0412. The van der Waals surface area contributed by atoms with Crippen LogP contribution in [0, 0.1) is 58.2 Å². The molecule has 4 aliphatic rings. The lowest BCUT2D eigenvalue weighted by Crippen LogP contribution is -2.54. The lowest BCUT2D eigenvalue weighted by molar-refractivity contribution is -0.136. The molecule has 0 radical (unpaired) electrons. The molecule has 0 aromatic rings. The molecule has 30 heavy (non-hydrogen) atoms. The van der Waals surface area contributed by atoms with Gasteiger partial charge in [0.25, 0.3) is 0 Å². The largest absolute Gasteiger partial charge is 0.369 e. The molecule has 1 amide bonds. The lowest BCUT2D eigenvalue weighted by atomic mass is 9.44. The predicted octanol–water partition coefficient (Wildman–Crippen LogP) is 7.21. The molecule has 1 unspecified atom stereocenters. The highest BCUT2D eigenvalue weighted by atomic mass is 16.1. The quantitative estimate of drug-likeness (QED) is 0.489. The molecule has 2 heteroatoms. The highest BCUT2D eigenvalue weighted by molar-refractivity contribution is 5.76. The molecular weight excluding hydrogens is 366 g/mol. The summed E-state index contributed by atoms with van der Waals surface area (Å²) in [6, 6.07) is 0. The van der Waals surface area contributed by atoms with Crippen LogP contribution in [-0.2, 0) is 4.79 Å². The molecule has 172 valence electrons. The Hall–Kier alpha value is -0.530. The number of hydrogen-bond acceptors (Lipinski definition) is 1. The Kier molecular flexibility index (Phi) is 6.37. The van der Waals surface area contributed by atoms with Crippen molar-refractivity contribution in [1.82, 2.24) is 0 Å². The molecule has 4 aliphatic carbocycles. The summed E-state index contributed by atoms with van der Waals surface area (Å²) in [5, 5.41) is 0. The monoisotopic (exact) mass is 415 g/mol. The van der Waals surface area contributed by atoms with Crippen LogP contribution < -0.4 is 5.73 Å². The standard InChI is InChI=1S/C28H49NO/c1-18(2)7-6-8-19(3)23-11-12-24-22-10-9-21-17-20(26(29)30)13-15-27(21,4)25(22)14-16-28(23,24)5/h18-25H,6-17H2,1-5H3,(H2,29,30)/t19-,20+,21?,22+,23-,24+,25+,27+,28-/m1/s1. The fraction of sp³-hybridized carbons (Fsp3) is 0.964. The molecule has 0 spiro atoms. The zero-order valence-corrected chi connectivity index (χ0v) is 20.6. The highest BCUT2D eigenvalue weighted by Gasteiger charge is 2.60. The number of carbonyl (C=O) groups is 1. The SMILES string of the molecule is CC(C)CCC[C@@H](C)[C@H]1CC[C@H]2[C@@H]3CCC4C[C@@H](C(N)=O)CC[C@]4(C)[C@H]3CC[C@]12C. The minimum Gasteiger partial charge on any atom is -0.369 e. The third-order valence-corrected chi connectivity index (χ3v) is 11.3. The zero-order chi connectivity index (χ0) is 21.7. The second-order valence-corrected chi connectivity index (χ2v) is 13.1. The molecule has 4 fully saturated rings. The van der Waals surface area contributed by atoms with Crippen molar-refractivity contribution in [2.24, 2.45) is 63.9 Å². The molecule has 0 bridgehead atoms. The van der Waals surface area contributed by atoms with Crippen LogP contribution in [0.3, 0.4) is 0 Å². The summed E-state index contributed by atoms with van der Waals surface area (Å²) in [7, 11) is 0. The first kappa shape index (κ1) is 22.7. The van der Waals surface area contributed by atoms with Crippen molar-refractivity contribution in [3.63, 3.8) is 0 Å². The van der Waals surface area contributed by atoms with E-state index in [0.717, 1.165) is 54.3 Å². The van der Waals surface area contributed by atoms with Crippen molar-refractivity contribution in [1.29, 1.82) is 0 Å². The van der Waals surface area contributed by atoms with Gasteiger partial charge in [-0.15, -0.1) is 0 Å². The van der Waals surface area contributed by atoms with Gasteiger partial charge in [-0.05, 0) is 110 Å². The molecule has 2 N–H and O–H groups in total. The van der Waals surface area contributed by atoms with E-state index in [-0.39, 0.29) is 11.8 Å². The highest BCUT2D eigenvalue weighted by Crippen LogP contribution is 2.68. The van der Waals surface area contributed by atoms with Crippen molar-refractivity contribution in [2.75, 3.05) is 0 Å². The molecule has 0 saturated heterocycles. The molecule has 4 saturated carbocycles. The third kappa shape index (κ3) is 3.77. The van der Waals surface area contributed by atoms with E-state index in [1.807, 2.05) is 0 Å². The lowest BCUT2D eigenvalue weighted by Gasteiger charge is -2.61. The summed E-state index contributed by atoms with van der Waals surface area (Å²) in [5.41, 5.74) is 6.77. The molecule has 9 atom stereocenters. The summed E-state index contributed by atoms with van der Waals surface area (Å²) in [4.78, 5) is 11.8. The van der Waals surface area contributed by atoms with Gasteiger partial charge in [0.1, 0.15) is 0 Å². The van der Waals surface area contributed by atoms with Crippen molar-refractivity contribution in [3.05, 3.63) is 0 Å². The van der Waals surface area contributed by atoms with Gasteiger partial charge >= 0.3 is 0 Å². The molecule has 4 rings (SSSR count). The van der Waals surface area contributed by atoms with E-state index < -0.39 is 0 Å². The van der Waals surface area contributed by atoms with Crippen molar-refractivity contribution >= 4 is 5.91 Å². The van der Waals surface area contributed by atoms with Crippen LogP contribution in [0.5, 0.6) is 0 Å². The fourth-order valence-electron chi connectivity index (χ4n) is 9.54. The minimum atomic E-state index is -0.0412. The van der Waals surface area contributed by atoms with Gasteiger partial charge in [-0.3, -0.25) is 4.79 Å². The maximum Gasteiger partial charge on any atom is 0.220 e. The average Bonchev–Trinajstić information content (AvgIpc) is 3.04. The van der Waals surface area contributed by atoms with Crippen LogP contribution in [0.15, 0.2) is 0 Å².